The first-order valence-corrected chi connectivity index (χ1v) is 10.1. The number of hydrogen-bond acceptors (Lipinski definition) is 8. The van der Waals surface area contributed by atoms with Crippen LogP contribution in [0.3, 0.4) is 0 Å². The van der Waals surface area contributed by atoms with Gasteiger partial charge in [0.1, 0.15) is 12.0 Å². The van der Waals surface area contributed by atoms with Crippen molar-refractivity contribution in [2.75, 3.05) is 43.3 Å². The molecule has 0 saturated carbocycles. The lowest BCUT2D eigenvalue weighted by Gasteiger charge is -2.25. The van der Waals surface area contributed by atoms with Crippen LogP contribution in [-0.4, -0.2) is 48.8 Å². The first kappa shape index (κ1) is 18.7. The Morgan fingerprint density at radius 3 is 2.82 bits per heavy atom. The highest BCUT2D eigenvalue weighted by Crippen LogP contribution is 2.34. The molecule has 2 aliphatic rings. The van der Waals surface area contributed by atoms with Crippen molar-refractivity contribution in [2.45, 2.75) is 6.54 Å². The molecule has 9 heteroatoms. The third-order valence-electron chi connectivity index (χ3n) is 4.35. The van der Waals surface area contributed by atoms with Gasteiger partial charge in [-0.15, -0.1) is 0 Å². The molecule has 148 valence electrons. The third-order valence-corrected chi connectivity index (χ3v) is 5.29. The fourth-order valence-corrected chi connectivity index (χ4v) is 3.90. The fraction of sp³-hybridized carbons (Fsp3) is 0.368. The molecule has 28 heavy (non-hydrogen) atoms. The van der Waals surface area contributed by atoms with Crippen LogP contribution in [0, 0.1) is 0 Å². The van der Waals surface area contributed by atoms with Gasteiger partial charge in [0.15, 0.2) is 18.1 Å². The molecule has 3 heterocycles. The number of rotatable bonds is 6. The SMILES string of the molecule is O=C(COc1coc(CN2CCSCC2)cc1=O)Nc1ccc2c(c1)OCO2. The van der Waals surface area contributed by atoms with Crippen LogP contribution < -0.4 is 25.0 Å². The molecular formula is C19H20N2O6S. The first-order valence-electron chi connectivity index (χ1n) is 8.91. The molecule has 2 aliphatic heterocycles. The molecular weight excluding hydrogens is 384 g/mol. The van der Waals surface area contributed by atoms with Crippen LogP contribution in [0.2, 0.25) is 0 Å². The molecule has 8 nitrogen and oxygen atoms in total. The van der Waals surface area contributed by atoms with Crippen LogP contribution in [0.25, 0.3) is 0 Å². The Bertz CT molecular complexity index is 910. The zero-order chi connectivity index (χ0) is 19.3. The molecule has 4 rings (SSSR count). The smallest absolute Gasteiger partial charge is 0.262 e. The molecule has 1 aromatic carbocycles. The maximum atomic E-state index is 12.2. The lowest BCUT2D eigenvalue weighted by molar-refractivity contribution is -0.118. The van der Waals surface area contributed by atoms with Gasteiger partial charge in [-0.05, 0) is 12.1 Å². The maximum Gasteiger partial charge on any atom is 0.262 e. The van der Waals surface area contributed by atoms with Crippen LogP contribution in [0.15, 0.2) is 39.7 Å². The monoisotopic (exact) mass is 404 g/mol. The number of amides is 1. The van der Waals surface area contributed by atoms with Gasteiger partial charge in [0, 0.05) is 42.4 Å². The second kappa shape index (κ2) is 8.57. The van der Waals surface area contributed by atoms with Crippen molar-refractivity contribution < 1.29 is 23.4 Å². The number of hydrogen-bond donors (Lipinski definition) is 1. The maximum absolute atomic E-state index is 12.2. The molecule has 0 atom stereocenters. The summed E-state index contributed by atoms with van der Waals surface area (Å²) < 4.78 is 21.3. The molecule has 0 radical (unpaired) electrons. The topological polar surface area (TPSA) is 90.2 Å². The van der Waals surface area contributed by atoms with Crippen LogP contribution in [0.5, 0.6) is 17.2 Å². The quantitative estimate of drug-likeness (QED) is 0.781. The minimum absolute atomic E-state index is 0.0128. The average molecular weight is 404 g/mol. The van der Waals surface area contributed by atoms with E-state index in [0.717, 1.165) is 24.6 Å². The van der Waals surface area contributed by atoms with E-state index in [0.29, 0.717) is 29.5 Å². The molecule has 0 aliphatic carbocycles. The van der Waals surface area contributed by atoms with E-state index < -0.39 is 5.91 Å². The standard InChI is InChI=1S/C19H20N2O6S/c22-15-8-14(9-21-3-5-28-6-4-21)24-10-18(15)25-11-19(23)20-13-1-2-16-17(7-13)27-12-26-16/h1-2,7-8,10H,3-6,9,11-12H2,(H,20,23). The summed E-state index contributed by atoms with van der Waals surface area (Å²) in [5, 5.41) is 2.69. The molecule has 1 N–H and O–H groups in total. The lowest BCUT2D eigenvalue weighted by Crippen LogP contribution is -2.32. The van der Waals surface area contributed by atoms with Crippen LogP contribution in [0.1, 0.15) is 5.76 Å². The molecule has 0 spiro atoms. The number of nitrogens with one attached hydrogen (secondary N) is 1. The van der Waals surface area contributed by atoms with Crippen LogP contribution in [-0.2, 0) is 11.3 Å². The minimum atomic E-state index is -0.395. The summed E-state index contributed by atoms with van der Waals surface area (Å²) in [4.78, 5) is 26.5. The number of nitrogens with zero attached hydrogens (tertiary/aromatic N) is 1. The van der Waals surface area contributed by atoms with Gasteiger partial charge >= 0.3 is 0 Å². The molecule has 1 saturated heterocycles. The van der Waals surface area contributed by atoms with E-state index in [1.807, 2.05) is 11.8 Å². The molecule has 0 bridgehead atoms. The van der Waals surface area contributed by atoms with Crippen molar-refractivity contribution in [3.63, 3.8) is 0 Å². The van der Waals surface area contributed by atoms with Crippen molar-refractivity contribution in [3.8, 4) is 17.2 Å². The van der Waals surface area contributed by atoms with Gasteiger partial charge in [-0.25, -0.2) is 0 Å². The highest BCUT2D eigenvalue weighted by Gasteiger charge is 2.16. The van der Waals surface area contributed by atoms with E-state index in [1.54, 1.807) is 18.2 Å². The van der Waals surface area contributed by atoms with Crippen molar-refractivity contribution in [1.82, 2.24) is 4.90 Å². The average Bonchev–Trinajstić information content (AvgIpc) is 3.16. The van der Waals surface area contributed by atoms with E-state index in [1.165, 1.54) is 12.3 Å². The summed E-state index contributed by atoms with van der Waals surface area (Å²) in [6.07, 6.45) is 1.27. The first-order chi connectivity index (χ1) is 13.7. The summed E-state index contributed by atoms with van der Waals surface area (Å²) in [5.41, 5.74) is 0.253. The van der Waals surface area contributed by atoms with Crippen LogP contribution >= 0.6 is 11.8 Å². The Balaban J connectivity index is 1.30. The molecule has 2 aromatic rings. The second-order valence-electron chi connectivity index (χ2n) is 6.37. The number of anilines is 1. The minimum Gasteiger partial charge on any atom is -0.477 e. The zero-order valence-electron chi connectivity index (χ0n) is 15.1. The largest absolute Gasteiger partial charge is 0.477 e. The molecule has 1 amide bonds. The van der Waals surface area contributed by atoms with E-state index in [4.69, 9.17) is 18.6 Å². The van der Waals surface area contributed by atoms with Gasteiger partial charge in [-0.1, -0.05) is 0 Å². The van der Waals surface area contributed by atoms with Crippen molar-refractivity contribution in [1.29, 1.82) is 0 Å². The van der Waals surface area contributed by atoms with Gasteiger partial charge in [-0.2, -0.15) is 11.8 Å². The molecule has 1 aromatic heterocycles. The Labute approximate surface area is 165 Å². The van der Waals surface area contributed by atoms with Gasteiger partial charge in [-0.3, -0.25) is 14.5 Å². The van der Waals surface area contributed by atoms with Crippen molar-refractivity contribution in [3.05, 3.63) is 46.5 Å². The Hall–Kier alpha value is -2.65. The normalized spacial score (nSPS) is 16.0. The van der Waals surface area contributed by atoms with E-state index in [9.17, 15) is 9.59 Å². The Morgan fingerprint density at radius 2 is 2.00 bits per heavy atom. The van der Waals surface area contributed by atoms with Crippen molar-refractivity contribution in [2.24, 2.45) is 0 Å². The Kier molecular flexibility index (Phi) is 5.73. The second-order valence-corrected chi connectivity index (χ2v) is 7.59. The molecule has 0 unspecified atom stereocenters. The molecule has 1 fully saturated rings. The third kappa shape index (κ3) is 4.60. The number of fused-ring (bicyclic) bond motifs is 1. The predicted octanol–water partition coefficient (Wildman–Crippen LogP) is 1.93. The Morgan fingerprint density at radius 1 is 1.18 bits per heavy atom. The van der Waals surface area contributed by atoms with Gasteiger partial charge < -0.3 is 23.9 Å². The van der Waals surface area contributed by atoms with E-state index in [-0.39, 0.29) is 24.6 Å². The zero-order valence-corrected chi connectivity index (χ0v) is 16.0. The number of thioether (sulfide) groups is 1. The summed E-state index contributed by atoms with van der Waals surface area (Å²) in [5.74, 6) is 3.59. The number of carbonyl (C=O) groups is 1. The number of carbonyl (C=O) groups excluding carboxylic acids is 1. The summed E-state index contributed by atoms with van der Waals surface area (Å²) in [6.45, 7) is 2.42. The van der Waals surface area contributed by atoms with Gasteiger partial charge in [0.05, 0.1) is 6.54 Å². The summed E-state index contributed by atoms with van der Waals surface area (Å²) in [6, 6.07) is 6.51. The lowest BCUT2D eigenvalue weighted by atomic mass is 10.3. The number of ether oxygens (including phenoxy) is 3. The highest BCUT2D eigenvalue weighted by molar-refractivity contribution is 7.99. The van der Waals surface area contributed by atoms with Gasteiger partial charge in [0.2, 0.25) is 18.0 Å². The summed E-state index contributed by atoms with van der Waals surface area (Å²) in [7, 11) is 0. The predicted molar refractivity (Wildman–Crippen MR) is 104 cm³/mol. The highest BCUT2D eigenvalue weighted by atomic mass is 32.2. The van der Waals surface area contributed by atoms with E-state index in [2.05, 4.69) is 10.2 Å². The number of benzene rings is 1. The van der Waals surface area contributed by atoms with Crippen molar-refractivity contribution >= 4 is 23.4 Å². The summed E-state index contributed by atoms with van der Waals surface area (Å²) >= 11 is 1.93. The van der Waals surface area contributed by atoms with Crippen LogP contribution in [0.4, 0.5) is 5.69 Å². The van der Waals surface area contributed by atoms with Gasteiger partial charge in [0.25, 0.3) is 5.91 Å². The van der Waals surface area contributed by atoms with E-state index >= 15 is 0 Å². The fourth-order valence-electron chi connectivity index (χ4n) is 2.92.